The van der Waals surface area contributed by atoms with Crippen LogP contribution < -0.4 is 14.2 Å². The second kappa shape index (κ2) is 12.3. The number of sulfonamides is 1. The molecule has 2 N–H and O–H groups in total. The summed E-state index contributed by atoms with van der Waals surface area (Å²) in [6.07, 6.45) is 3.75. The molecule has 1 aliphatic rings. The third-order valence-electron chi connectivity index (χ3n) is 7.39. The molecule has 1 aromatic heterocycles. The maximum atomic E-state index is 16.0. The highest BCUT2D eigenvalue weighted by Crippen LogP contribution is 2.45. The molecule has 0 bridgehead atoms. The van der Waals surface area contributed by atoms with Gasteiger partial charge in [0.05, 0.1) is 30.0 Å². The Hall–Kier alpha value is -3.25. The monoisotopic (exact) mass is 608 g/mol. The van der Waals surface area contributed by atoms with Crippen LogP contribution in [0.5, 0.6) is 11.5 Å². The zero-order valence-corrected chi connectivity index (χ0v) is 25.2. The van der Waals surface area contributed by atoms with Crippen LogP contribution in [0.4, 0.5) is 14.5 Å². The molecular weight excluding hydrogens is 574 g/mol. The minimum absolute atomic E-state index is 0.112. The van der Waals surface area contributed by atoms with Crippen molar-refractivity contribution in [2.24, 2.45) is 11.8 Å². The Balaban J connectivity index is 1.64. The Bertz CT molecular complexity index is 1530. The molecule has 0 atom stereocenters. The van der Waals surface area contributed by atoms with Crippen LogP contribution in [0.15, 0.2) is 34.7 Å². The predicted molar refractivity (Wildman–Crippen MR) is 154 cm³/mol. The Morgan fingerprint density at radius 3 is 2.39 bits per heavy atom. The fourth-order valence-electron chi connectivity index (χ4n) is 5.18. The zero-order chi connectivity index (χ0) is 30.1. The van der Waals surface area contributed by atoms with Gasteiger partial charge in [-0.05, 0) is 69.4 Å². The van der Waals surface area contributed by atoms with E-state index in [9.17, 15) is 17.6 Å². The van der Waals surface area contributed by atoms with Crippen LogP contribution in [-0.4, -0.2) is 37.7 Å². The van der Waals surface area contributed by atoms with Crippen molar-refractivity contribution >= 4 is 33.0 Å². The number of rotatable bonds is 10. The van der Waals surface area contributed by atoms with Crippen LogP contribution in [0.2, 0.25) is 0 Å². The van der Waals surface area contributed by atoms with E-state index in [2.05, 4.69) is 23.6 Å². The Morgan fingerprint density at radius 1 is 1.12 bits per heavy atom. The van der Waals surface area contributed by atoms with E-state index in [0.29, 0.717) is 11.8 Å². The van der Waals surface area contributed by atoms with E-state index in [0.717, 1.165) is 54.7 Å². The molecule has 0 spiro atoms. The largest absolute Gasteiger partial charge is 0.495 e. The standard InChI is InChI=1S/C29H34F2N2O6S2/c1-15(2)17-6-8-18(9-7-17)19-10-11-20(26(31)27(19)39-16(3)4)28-32-25(14-40-28)41(36,37)33-23-13-22(30)21(29(34)35)12-24(23)38-5/h10-18,33H,6-9H2,1-5H3,(H,34,35). The highest BCUT2D eigenvalue weighted by molar-refractivity contribution is 7.92. The van der Waals surface area contributed by atoms with Crippen molar-refractivity contribution in [2.75, 3.05) is 11.8 Å². The van der Waals surface area contributed by atoms with Gasteiger partial charge in [0, 0.05) is 17.0 Å². The summed E-state index contributed by atoms with van der Waals surface area (Å²) in [4.78, 5) is 15.4. The average Bonchev–Trinajstić information content (AvgIpc) is 3.40. The molecule has 0 amide bonds. The highest BCUT2D eigenvalue weighted by atomic mass is 32.2. The number of aromatic nitrogens is 1. The van der Waals surface area contributed by atoms with Crippen LogP contribution in [0.25, 0.3) is 10.6 Å². The van der Waals surface area contributed by atoms with Crippen molar-refractivity contribution < 1.29 is 36.6 Å². The van der Waals surface area contributed by atoms with Crippen LogP contribution >= 0.6 is 11.3 Å². The number of nitrogens with one attached hydrogen (secondary N) is 1. The summed E-state index contributed by atoms with van der Waals surface area (Å²) in [5.41, 5.74) is -0.0553. The summed E-state index contributed by atoms with van der Waals surface area (Å²) in [5, 5.41) is 10.1. The number of methoxy groups -OCH3 is 1. The third kappa shape index (κ3) is 6.64. The van der Waals surface area contributed by atoms with E-state index in [4.69, 9.17) is 14.6 Å². The normalized spacial score (nSPS) is 17.6. The molecule has 0 aliphatic heterocycles. The molecule has 3 aromatic rings. The molecule has 12 heteroatoms. The second-order valence-corrected chi connectivity index (χ2v) is 13.3. The molecule has 4 rings (SSSR count). The van der Waals surface area contributed by atoms with Gasteiger partial charge in [-0.15, -0.1) is 11.3 Å². The number of carboxylic acid groups (broad SMARTS) is 1. The van der Waals surface area contributed by atoms with Gasteiger partial charge in [0.15, 0.2) is 16.6 Å². The molecule has 0 radical (unpaired) electrons. The number of anilines is 1. The summed E-state index contributed by atoms with van der Waals surface area (Å²) < 4.78 is 69.7. The van der Waals surface area contributed by atoms with E-state index >= 15 is 4.39 Å². The summed E-state index contributed by atoms with van der Waals surface area (Å²) >= 11 is 0.937. The lowest BCUT2D eigenvalue weighted by Gasteiger charge is -2.32. The molecule has 1 fully saturated rings. The van der Waals surface area contributed by atoms with Crippen molar-refractivity contribution in [3.05, 3.63) is 52.4 Å². The smallest absolute Gasteiger partial charge is 0.338 e. The molecular formula is C29H34F2N2O6S2. The molecule has 41 heavy (non-hydrogen) atoms. The Kier molecular flexibility index (Phi) is 9.22. The Labute approximate surface area is 242 Å². The van der Waals surface area contributed by atoms with Crippen LogP contribution in [0.1, 0.15) is 75.2 Å². The van der Waals surface area contributed by atoms with Gasteiger partial charge in [-0.1, -0.05) is 19.9 Å². The Morgan fingerprint density at radius 2 is 1.80 bits per heavy atom. The SMILES string of the molecule is COc1cc(C(=O)O)c(F)cc1NS(=O)(=O)c1csc(-c2ccc(C3CCC(C(C)C)CC3)c(OC(C)C)c2F)n1. The van der Waals surface area contributed by atoms with Crippen molar-refractivity contribution in [1.82, 2.24) is 4.98 Å². The molecule has 2 aromatic carbocycles. The fraction of sp³-hybridized carbons (Fsp3) is 0.448. The predicted octanol–water partition coefficient (Wildman–Crippen LogP) is 7.31. The van der Waals surface area contributed by atoms with Crippen molar-refractivity contribution in [2.45, 2.75) is 70.4 Å². The number of thiazole rings is 1. The second-order valence-electron chi connectivity index (χ2n) is 10.8. The minimum Gasteiger partial charge on any atom is -0.495 e. The number of carboxylic acids is 1. The van der Waals surface area contributed by atoms with Crippen LogP contribution in [0, 0.1) is 23.5 Å². The van der Waals surface area contributed by atoms with E-state index in [1.165, 1.54) is 12.5 Å². The molecule has 1 saturated carbocycles. The zero-order valence-electron chi connectivity index (χ0n) is 23.5. The lowest BCUT2D eigenvalue weighted by Crippen LogP contribution is -2.19. The number of aromatic carboxylic acids is 1. The maximum absolute atomic E-state index is 16.0. The van der Waals surface area contributed by atoms with Gasteiger partial charge in [-0.25, -0.2) is 18.6 Å². The van der Waals surface area contributed by atoms with Gasteiger partial charge in [-0.3, -0.25) is 4.72 Å². The summed E-state index contributed by atoms with van der Waals surface area (Å²) in [5.74, 6) is -1.87. The van der Waals surface area contributed by atoms with Gasteiger partial charge in [0.25, 0.3) is 10.0 Å². The van der Waals surface area contributed by atoms with Gasteiger partial charge >= 0.3 is 5.97 Å². The van der Waals surface area contributed by atoms with E-state index in [1.807, 2.05) is 19.9 Å². The molecule has 1 aliphatic carbocycles. The van der Waals surface area contributed by atoms with Crippen LogP contribution in [0.3, 0.4) is 0 Å². The summed E-state index contributed by atoms with van der Waals surface area (Å²) in [6, 6.07) is 5.06. The topological polar surface area (TPSA) is 115 Å². The first-order valence-corrected chi connectivity index (χ1v) is 15.8. The molecule has 222 valence electrons. The molecule has 0 saturated heterocycles. The van der Waals surface area contributed by atoms with E-state index in [1.54, 1.807) is 6.07 Å². The lowest BCUT2D eigenvalue weighted by molar-refractivity contribution is 0.0691. The minimum atomic E-state index is -4.36. The number of halogens is 2. The molecule has 1 heterocycles. The third-order valence-corrected chi connectivity index (χ3v) is 9.66. The van der Waals surface area contributed by atoms with Gasteiger partial charge in [0.1, 0.15) is 16.6 Å². The number of hydrogen-bond donors (Lipinski definition) is 2. The first-order valence-electron chi connectivity index (χ1n) is 13.4. The number of nitrogens with zero attached hydrogens (tertiary/aromatic N) is 1. The number of ether oxygens (including phenoxy) is 2. The number of carbonyl (C=O) groups is 1. The van der Waals surface area contributed by atoms with Crippen molar-refractivity contribution in [1.29, 1.82) is 0 Å². The number of hydrogen-bond acceptors (Lipinski definition) is 7. The quantitative estimate of drug-likeness (QED) is 0.248. The van der Waals surface area contributed by atoms with Crippen molar-refractivity contribution in [3.8, 4) is 22.1 Å². The highest BCUT2D eigenvalue weighted by Gasteiger charge is 2.30. The summed E-state index contributed by atoms with van der Waals surface area (Å²) in [6.45, 7) is 8.11. The van der Waals surface area contributed by atoms with Gasteiger partial charge in [-0.2, -0.15) is 8.42 Å². The van der Waals surface area contributed by atoms with Gasteiger partial charge < -0.3 is 14.6 Å². The van der Waals surface area contributed by atoms with E-state index < -0.39 is 38.2 Å². The van der Waals surface area contributed by atoms with E-state index in [-0.39, 0.29) is 39.8 Å². The molecule has 8 nitrogen and oxygen atoms in total. The average molecular weight is 609 g/mol. The molecule has 0 unspecified atom stereocenters. The van der Waals surface area contributed by atoms with Crippen LogP contribution in [-0.2, 0) is 10.0 Å². The fourth-order valence-corrected chi connectivity index (χ4v) is 7.35. The first-order chi connectivity index (χ1) is 19.3. The van der Waals surface area contributed by atoms with Gasteiger partial charge in [0.2, 0.25) is 0 Å². The maximum Gasteiger partial charge on any atom is 0.338 e. The number of benzene rings is 2. The lowest BCUT2D eigenvalue weighted by atomic mass is 9.74. The van der Waals surface area contributed by atoms with Crippen molar-refractivity contribution in [3.63, 3.8) is 0 Å². The summed E-state index contributed by atoms with van der Waals surface area (Å²) in [7, 11) is -3.17. The first kappa shape index (κ1) is 30.7.